The number of aromatic nitrogens is 5. The van der Waals surface area contributed by atoms with Crippen LogP contribution in [0.2, 0.25) is 0 Å². The normalized spacial score (nSPS) is 15.1. The molecule has 0 radical (unpaired) electrons. The lowest BCUT2D eigenvalue weighted by molar-refractivity contribution is 0.183. The van der Waals surface area contributed by atoms with Crippen molar-refractivity contribution in [3.05, 3.63) is 42.3 Å². The molecule has 1 aliphatic carbocycles. The second-order valence-electron chi connectivity index (χ2n) is 8.57. The van der Waals surface area contributed by atoms with E-state index in [9.17, 15) is 8.42 Å². The molecule has 0 N–H and O–H groups in total. The van der Waals surface area contributed by atoms with E-state index in [2.05, 4.69) is 10.3 Å². The molecule has 1 fully saturated rings. The van der Waals surface area contributed by atoms with Crippen LogP contribution < -0.4 is 0 Å². The number of pyridine rings is 1. The first-order valence-electron chi connectivity index (χ1n) is 11.1. The molecule has 0 bridgehead atoms. The van der Waals surface area contributed by atoms with Gasteiger partial charge >= 0.3 is 0 Å². The number of ether oxygens (including phenoxy) is 1. The Kier molecular flexibility index (Phi) is 5.57. The average Bonchev–Trinajstić information content (AvgIpc) is 3.58. The third-order valence-electron chi connectivity index (χ3n) is 6.39. The number of fused-ring (bicyclic) bond motifs is 1. The third-order valence-corrected chi connectivity index (χ3v) is 8.56. The molecular weight excluding hydrogens is 442 g/mol. The Morgan fingerprint density at radius 3 is 2.64 bits per heavy atom. The smallest absolute Gasteiger partial charge is 0.241 e. The molecule has 10 heteroatoms. The molecular formula is C23H27N5O4S. The second-order valence-corrected chi connectivity index (χ2v) is 10.7. The maximum Gasteiger partial charge on any atom is 0.241 e. The van der Waals surface area contributed by atoms with E-state index in [1.807, 2.05) is 26.1 Å². The molecule has 174 valence electrons. The van der Waals surface area contributed by atoms with E-state index < -0.39 is 10.0 Å². The number of methoxy groups -OCH3 is 1. The van der Waals surface area contributed by atoms with Crippen LogP contribution in [0, 0.1) is 13.8 Å². The highest BCUT2D eigenvalue weighted by Gasteiger charge is 2.32. The molecule has 0 saturated heterocycles. The van der Waals surface area contributed by atoms with Crippen molar-refractivity contribution >= 4 is 21.1 Å². The molecule has 5 rings (SSSR count). The predicted molar refractivity (Wildman–Crippen MR) is 124 cm³/mol. The number of hydrogen-bond donors (Lipinski definition) is 0. The summed E-state index contributed by atoms with van der Waals surface area (Å²) in [6.45, 7) is 4.86. The zero-order valence-electron chi connectivity index (χ0n) is 19.0. The van der Waals surface area contributed by atoms with Crippen LogP contribution in [0.1, 0.15) is 37.1 Å². The van der Waals surface area contributed by atoms with E-state index in [-0.39, 0.29) is 5.25 Å². The molecule has 0 aromatic carbocycles. The summed E-state index contributed by atoms with van der Waals surface area (Å²) in [5.74, 6) is 0.671. The highest BCUT2D eigenvalue weighted by Crippen LogP contribution is 2.36. The van der Waals surface area contributed by atoms with E-state index >= 15 is 0 Å². The molecule has 33 heavy (non-hydrogen) atoms. The maximum absolute atomic E-state index is 13.6. The van der Waals surface area contributed by atoms with E-state index in [0.29, 0.717) is 42.8 Å². The minimum absolute atomic E-state index is 0.381. The summed E-state index contributed by atoms with van der Waals surface area (Å²) in [5, 5.41) is 8.05. The van der Waals surface area contributed by atoms with Crippen molar-refractivity contribution < 1.29 is 17.7 Å². The van der Waals surface area contributed by atoms with Crippen LogP contribution in [0.5, 0.6) is 0 Å². The van der Waals surface area contributed by atoms with Gasteiger partial charge in [0.05, 0.1) is 41.3 Å². The molecule has 4 heterocycles. The lowest BCUT2D eigenvalue weighted by atomic mass is 10.1. The fourth-order valence-electron chi connectivity index (χ4n) is 4.69. The van der Waals surface area contributed by atoms with Crippen LogP contribution in [0.4, 0.5) is 0 Å². The van der Waals surface area contributed by atoms with Crippen molar-refractivity contribution in [2.45, 2.75) is 51.3 Å². The lowest BCUT2D eigenvalue weighted by Crippen LogP contribution is -2.24. The van der Waals surface area contributed by atoms with Crippen molar-refractivity contribution in [3.8, 4) is 22.3 Å². The van der Waals surface area contributed by atoms with Crippen LogP contribution in [-0.4, -0.2) is 51.3 Å². The average molecular weight is 470 g/mol. The van der Waals surface area contributed by atoms with Crippen molar-refractivity contribution in [3.63, 3.8) is 0 Å². The molecule has 0 unspecified atom stereocenters. The summed E-state index contributed by atoms with van der Waals surface area (Å²) < 4.78 is 40.9. The molecule has 4 aromatic rings. The highest BCUT2D eigenvalue weighted by molar-refractivity contribution is 7.90. The summed E-state index contributed by atoms with van der Waals surface area (Å²) in [6, 6.07) is 1.88. The van der Waals surface area contributed by atoms with E-state index in [4.69, 9.17) is 14.2 Å². The second kappa shape index (κ2) is 8.42. The number of aryl methyl sites for hydroxylation is 2. The van der Waals surface area contributed by atoms with Gasteiger partial charge in [-0.1, -0.05) is 18.0 Å². The Morgan fingerprint density at radius 2 is 1.94 bits per heavy atom. The molecule has 4 aromatic heterocycles. The monoisotopic (exact) mass is 469 g/mol. The van der Waals surface area contributed by atoms with Crippen LogP contribution in [0.25, 0.3) is 33.3 Å². The van der Waals surface area contributed by atoms with Gasteiger partial charge in [0.25, 0.3) is 0 Å². The lowest BCUT2D eigenvalue weighted by Gasteiger charge is -2.13. The van der Waals surface area contributed by atoms with Gasteiger partial charge in [-0.05, 0) is 32.8 Å². The number of hydrogen-bond acceptors (Lipinski definition) is 7. The molecule has 1 saturated carbocycles. The molecule has 9 nitrogen and oxygen atoms in total. The van der Waals surface area contributed by atoms with Crippen molar-refractivity contribution in [2.75, 3.05) is 13.7 Å². The van der Waals surface area contributed by atoms with E-state index in [1.54, 1.807) is 30.4 Å². The first kappa shape index (κ1) is 21.8. The zero-order chi connectivity index (χ0) is 23.2. The summed E-state index contributed by atoms with van der Waals surface area (Å²) in [5.41, 5.74) is 5.09. The fraction of sp³-hybridized carbons (Fsp3) is 0.435. The van der Waals surface area contributed by atoms with Crippen molar-refractivity contribution in [1.82, 2.24) is 23.9 Å². The fourth-order valence-corrected chi connectivity index (χ4v) is 6.60. The van der Waals surface area contributed by atoms with Gasteiger partial charge in [-0.2, -0.15) is 5.10 Å². The van der Waals surface area contributed by atoms with E-state index in [0.717, 1.165) is 40.8 Å². The van der Waals surface area contributed by atoms with Crippen molar-refractivity contribution in [2.24, 2.45) is 0 Å². The van der Waals surface area contributed by atoms with Gasteiger partial charge in [0.15, 0.2) is 0 Å². The Bertz CT molecular complexity index is 1390. The first-order chi connectivity index (χ1) is 15.9. The van der Waals surface area contributed by atoms with Gasteiger partial charge in [0, 0.05) is 48.0 Å². The SMILES string of the molecule is COCCn1cc(-c2cn(S(=O)(=O)C3CCCC3)c3cc(-c4c(C)noc4C)cnc23)cn1. The molecule has 0 spiro atoms. The number of nitrogens with zero attached hydrogens (tertiary/aromatic N) is 5. The minimum atomic E-state index is -3.58. The summed E-state index contributed by atoms with van der Waals surface area (Å²) in [4.78, 5) is 4.71. The zero-order valence-corrected chi connectivity index (χ0v) is 19.8. The minimum Gasteiger partial charge on any atom is -0.383 e. The van der Waals surface area contributed by atoms with Crippen LogP contribution in [-0.2, 0) is 21.3 Å². The predicted octanol–water partition coefficient (Wildman–Crippen LogP) is 3.94. The maximum atomic E-state index is 13.6. The molecule has 1 aliphatic rings. The number of rotatable bonds is 7. The van der Waals surface area contributed by atoms with Crippen LogP contribution in [0.15, 0.2) is 35.4 Å². The Hall–Kier alpha value is -2.98. The Labute approximate surface area is 192 Å². The topological polar surface area (TPSA) is 105 Å². The quantitative estimate of drug-likeness (QED) is 0.404. The Balaban J connectivity index is 1.69. The third kappa shape index (κ3) is 3.76. The van der Waals surface area contributed by atoms with Crippen molar-refractivity contribution in [1.29, 1.82) is 0 Å². The van der Waals surface area contributed by atoms with Crippen LogP contribution in [0.3, 0.4) is 0 Å². The van der Waals surface area contributed by atoms with Gasteiger partial charge < -0.3 is 9.26 Å². The van der Waals surface area contributed by atoms with Gasteiger partial charge in [0.1, 0.15) is 5.76 Å². The Morgan fingerprint density at radius 1 is 1.15 bits per heavy atom. The summed E-state index contributed by atoms with van der Waals surface area (Å²) in [7, 11) is -1.93. The molecule has 0 atom stereocenters. The largest absolute Gasteiger partial charge is 0.383 e. The van der Waals surface area contributed by atoms with Gasteiger partial charge in [-0.15, -0.1) is 0 Å². The first-order valence-corrected chi connectivity index (χ1v) is 12.6. The highest BCUT2D eigenvalue weighted by atomic mass is 32.2. The van der Waals surface area contributed by atoms with Gasteiger partial charge in [0.2, 0.25) is 10.0 Å². The summed E-state index contributed by atoms with van der Waals surface area (Å²) in [6.07, 6.45) is 10.3. The molecule has 0 aliphatic heterocycles. The summed E-state index contributed by atoms with van der Waals surface area (Å²) >= 11 is 0. The van der Waals surface area contributed by atoms with Gasteiger partial charge in [-0.3, -0.25) is 9.67 Å². The standard InChI is InChI=1S/C23H27N5O4S/c1-15-22(16(2)32-26-15)17-10-21-23(24-11-17)20(18-12-25-27(13-18)8-9-31-3)14-28(21)33(29,30)19-6-4-5-7-19/h10-14,19H,4-9H2,1-3H3. The van der Waals surface area contributed by atoms with E-state index in [1.165, 1.54) is 3.97 Å². The molecule has 0 amide bonds. The van der Waals surface area contributed by atoms with Gasteiger partial charge in [-0.25, -0.2) is 12.4 Å². The van der Waals surface area contributed by atoms with Crippen LogP contribution >= 0.6 is 0 Å².